The Morgan fingerprint density at radius 2 is 1.25 bits per heavy atom. The number of hydrogen-bond acceptors (Lipinski definition) is 2. The Morgan fingerprint density at radius 3 is 2.07 bits per heavy atom. The lowest BCUT2D eigenvalue weighted by atomic mass is 9.93. The lowest BCUT2D eigenvalue weighted by molar-refractivity contribution is 0.591. The number of allylic oxidation sites excluding steroid dienone is 4. The fourth-order valence-electron chi connectivity index (χ4n) is 6.50. The highest BCUT2D eigenvalue weighted by atomic mass is 31.2. The summed E-state index contributed by atoms with van der Waals surface area (Å²) in [6.07, 6.45) is 8.26. The van der Waals surface area contributed by atoms with Crippen LogP contribution in [0.1, 0.15) is 12.8 Å². The Hall–Kier alpha value is -5.04. The van der Waals surface area contributed by atoms with Crippen LogP contribution >= 0.6 is 7.14 Å². The Labute approximate surface area is 257 Å². The number of benzene rings is 6. The van der Waals surface area contributed by atoms with Crippen LogP contribution in [0.25, 0.3) is 54.8 Å². The van der Waals surface area contributed by atoms with E-state index in [0.717, 1.165) is 61.9 Å². The zero-order valence-corrected chi connectivity index (χ0v) is 25.1. The normalized spacial score (nSPS) is 14.5. The minimum absolute atomic E-state index is 0.863. The third kappa shape index (κ3) is 4.51. The summed E-state index contributed by atoms with van der Waals surface area (Å²) < 4.78 is 15.0. The number of fused-ring (bicyclic) bond motifs is 4. The molecule has 6 aromatic carbocycles. The van der Waals surface area contributed by atoms with Gasteiger partial charge in [-0.25, -0.2) is 4.98 Å². The average Bonchev–Trinajstić information content (AvgIpc) is 3.11. The first-order chi connectivity index (χ1) is 21.7. The van der Waals surface area contributed by atoms with Crippen LogP contribution < -0.4 is 10.6 Å². The summed E-state index contributed by atoms with van der Waals surface area (Å²) in [5.41, 5.74) is 6.46. The number of hydrogen-bond donors (Lipinski definition) is 0. The van der Waals surface area contributed by atoms with Gasteiger partial charge in [0.15, 0.2) is 7.14 Å². The van der Waals surface area contributed by atoms with Crippen LogP contribution in [0.15, 0.2) is 163 Å². The Kier molecular flexibility index (Phi) is 6.59. The van der Waals surface area contributed by atoms with Crippen LogP contribution in [-0.2, 0) is 4.57 Å². The molecule has 0 radical (unpaired) electrons. The van der Waals surface area contributed by atoms with Gasteiger partial charge in [0.05, 0.1) is 11.0 Å². The molecule has 3 heteroatoms. The van der Waals surface area contributed by atoms with Crippen molar-refractivity contribution < 1.29 is 4.57 Å². The van der Waals surface area contributed by atoms with Crippen LogP contribution in [0, 0.1) is 0 Å². The molecule has 2 nitrogen and oxygen atoms in total. The van der Waals surface area contributed by atoms with Crippen LogP contribution in [0.5, 0.6) is 0 Å². The van der Waals surface area contributed by atoms with E-state index in [1.165, 1.54) is 21.7 Å². The molecule has 210 valence electrons. The van der Waals surface area contributed by atoms with Gasteiger partial charge in [0, 0.05) is 26.7 Å². The Bertz CT molecular complexity index is 2300. The highest BCUT2D eigenvalue weighted by molar-refractivity contribution is 7.82. The predicted octanol–water partition coefficient (Wildman–Crippen LogP) is 10.4. The number of para-hydroxylation sites is 1. The molecule has 7 aromatic rings. The molecule has 0 N–H and O–H groups in total. The van der Waals surface area contributed by atoms with Gasteiger partial charge in [-0.2, -0.15) is 0 Å². The van der Waals surface area contributed by atoms with E-state index >= 15 is 0 Å². The molecule has 1 atom stereocenters. The van der Waals surface area contributed by atoms with Crippen molar-refractivity contribution in [1.29, 1.82) is 0 Å². The van der Waals surface area contributed by atoms with E-state index in [4.69, 9.17) is 4.98 Å². The summed E-state index contributed by atoms with van der Waals surface area (Å²) in [5.74, 6) is 0. The van der Waals surface area contributed by atoms with Crippen molar-refractivity contribution in [2.24, 2.45) is 0 Å². The van der Waals surface area contributed by atoms with Gasteiger partial charge in [-0.3, -0.25) is 0 Å². The van der Waals surface area contributed by atoms with E-state index in [1.807, 2.05) is 48.5 Å². The van der Waals surface area contributed by atoms with Crippen LogP contribution in [0.2, 0.25) is 0 Å². The lowest BCUT2D eigenvalue weighted by Gasteiger charge is -2.23. The average molecular weight is 584 g/mol. The van der Waals surface area contributed by atoms with Crippen molar-refractivity contribution in [3.63, 3.8) is 0 Å². The first-order valence-electron chi connectivity index (χ1n) is 15.1. The third-order valence-electron chi connectivity index (χ3n) is 8.74. The predicted molar refractivity (Wildman–Crippen MR) is 187 cm³/mol. The van der Waals surface area contributed by atoms with Crippen molar-refractivity contribution in [2.75, 3.05) is 0 Å². The Morgan fingerprint density at radius 1 is 0.523 bits per heavy atom. The van der Waals surface area contributed by atoms with E-state index in [9.17, 15) is 4.57 Å². The summed E-state index contributed by atoms with van der Waals surface area (Å²) in [7, 11) is -3.01. The maximum atomic E-state index is 15.0. The number of pyridine rings is 1. The third-order valence-corrected chi connectivity index (χ3v) is 11.8. The molecule has 0 bridgehead atoms. The molecule has 8 rings (SSSR count). The molecule has 0 fully saturated rings. The minimum Gasteiger partial charge on any atom is -0.309 e. The summed E-state index contributed by atoms with van der Waals surface area (Å²) in [5, 5.41) is 7.39. The Balaban J connectivity index is 1.22. The molecular formula is C41H30NOP. The van der Waals surface area contributed by atoms with Gasteiger partial charge in [-0.1, -0.05) is 133 Å². The molecule has 44 heavy (non-hydrogen) atoms. The number of nitrogens with zero attached hydrogens (tertiary/aromatic N) is 1. The SMILES string of the molecule is O=P(C1=CCCC=C1)(c1ccccc1)c1cccc(-c2ccc(-c3cc4nc5ccccc5cc4c4ccccc34)cc2)c1. The zero-order valence-electron chi connectivity index (χ0n) is 24.2. The lowest BCUT2D eigenvalue weighted by Crippen LogP contribution is -2.17. The molecule has 1 aromatic heterocycles. The smallest absolute Gasteiger partial charge is 0.170 e. The molecule has 1 aliphatic carbocycles. The monoisotopic (exact) mass is 583 g/mol. The van der Waals surface area contributed by atoms with Gasteiger partial charge in [-0.05, 0) is 70.1 Å². The van der Waals surface area contributed by atoms with Gasteiger partial charge in [0.2, 0.25) is 0 Å². The molecule has 0 spiro atoms. The zero-order chi connectivity index (χ0) is 29.5. The van der Waals surface area contributed by atoms with E-state index in [-0.39, 0.29) is 0 Å². The maximum Gasteiger partial charge on any atom is 0.170 e. The second-order valence-electron chi connectivity index (χ2n) is 11.4. The van der Waals surface area contributed by atoms with Gasteiger partial charge in [0.25, 0.3) is 0 Å². The van der Waals surface area contributed by atoms with Crippen molar-refractivity contribution >= 4 is 50.3 Å². The van der Waals surface area contributed by atoms with Crippen molar-refractivity contribution in [3.05, 3.63) is 163 Å². The molecular weight excluding hydrogens is 553 g/mol. The van der Waals surface area contributed by atoms with Crippen molar-refractivity contribution in [2.45, 2.75) is 12.8 Å². The van der Waals surface area contributed by atoms with Gasteiger partial charge < -0.3 is 4.57 Å². The summed E-state index contributed by atoms with van der Waals surface area (Å²) in [4.78, 5) is 5.04. The second kappa shape index (κ2) is 10.9. The largest absolute Gasteiger partial charge is 0.309 e. The van der Waals surface area contributed by atoms with Gasteiger partial charge >= 0.3 is 0 Å². The molecule has 0 aliphatic heterocycles. The first kappa shape index (κ1) is 26.6. The van der Waals surface area contributed by atoms with E-state index in [0.29, 0.717) is 0 Å². The van der Waals surface area contributed by atoms with Crippen LogP contribution in [0.3, 0.4) is 0 Å². The van der Waals surface area contributed by atoms with E-state index in [1.54, 1.807) is 0 Å². The molecule has 1 unspecified atom stereocenters. The molecule has 0 saturated carbocycles. The van der Waals surface area contributed by atoms with Crippen molar-refractivity contribution in [1.82, 2.24) is 4.98 Å². The molecule has 0 amide bonds. The quantitative estimate of drug-likeness (QED) is 0.115. The fraction of sp³-hybridized carbons (Fsp3) is 0.0488. The van der Waals surface area contributed by atoms with Crippen LogP contribution in [0.4, 0.5) is 0 Å². The van der Waals surface area contributed by atoms with Gasteiger partial charge in [-0.15, -0.1) is 0 Å². The highest BCUT2D eigenvalue weighted by Crippen LogP contribution is 2.53. The molecule has 1 heterocycles. The van der Waals surface area contributed by atoms with E-state index < -0.39 is 7.14 Å². The molecule has 0 saturated heterocycles. The first-order valence-corrected chi connectivity index (χ1v) is 16.8. The minimum atomic E-state index is -3.01. The highest BCUT2D eigenvalue weighted by Gasteiger charge is 2.31. The second-order valence-corrected chi connectivity index (χ2v) is 14.2. The van der Waals surface area contributed by atoms with Crippen LogP contribution in [-0.4, -0.2) is 4.98 Å². The summed E-state index contributed by atoms with van der Waals surface area (Å²) in [6.45, 7) is 0. The van der Waals surface area contributed by atoms with E-state index in [2.05, 4.69) is 109 Å². The fourth-order valence-corrected chi connectivity index (χ4v) is 9.31. The maximum absolute atomic E-state index is 15.0. The summed E-state index contributed by atoms with van der Waals surface area (Å²) >= 11 is 0. The number of aromatic nitrogens is 1. The number of rotatable bonds is 5. The van der Waals surface area contributed by atoms with Gasteiger partial charge in [0.1, 0.15) is 0 Å². The molecule has 1 aliphatic rings. The topological polar surface area (TPSA) is 30.0 Å². The standard InChI is InChI=1S/C41H30NOP/c43-44(33-14-3-1-4-15-33,34-16-5-2-6-17-34)35-18-11-13-31(26-35)29-22-24-30(25-23-29)38-28-41-39(37-20-9-8-19-36(37)38)27-32-12-7-10-21-40(32)42-41/h1,3-5,7-28H,2,6H2. The van der Waals surface area contributed by atoms with Crippen molar-refractivity contribution in [3.8, 4) is 22.3 Å². The summed E-state index contributed by atoms with van der Waals surface area (Å²) in [6, 6.07) is 48.3.